The van der Waals surface area contributed by atoms with E-state index < -0.39 is 12.0 Å². The molecule has 0 aliphatic carbocycles. The van der Waals surface area contributed by atoms with Crippen molar-refractivity contribution in [3.05, 3.63) is 65.2 Å². The number of ether oxygens (including phenoxy) is 1. The summed E-state index contributed by atoms with van der Waals surface area (Å²) >= 11 is 0. The van der Waals surface area contributed by atoms with Crippen LogP contribution >= 0.6 is 0 Å². The van der Waals surface area contributed by atoms with Crippen LogP contribution in [0.4, 0.5) is 5.69 Å². The maximum atomic E-state index is 13.1. The van der Waals surface area contributed by atoms with Gasteiger partial charge in [0, 0.05) is 12.1 Å². The number of amides is 2. The molecule has 1 aliphatic heterocycles. The van der Waals surface area contributed by atoms with Gasteiger partial charge in [0.25, 0.3) is 5.91 Å². The van der Waals surface area contributed by atoms with Gasteiger partial charge in [-0.05, 0) is 36.1 Å². The number of hydrogen-bond acceptors (Lipinski definition) is 4. The maximum absolute atomic E-state index is 13.1. The Kier molecular flexibility index (Phi) is 5.78. The highest BCUT2D eigenvalue weighted by molar-refractivity contribution is 6.06. The van der Waals surface area contributed by atoms with Crippen molar-refractivity contribution in [1.82, 2.24) is 4.90 Å². The lowest BCUT2D eigenvalue weighted by Crippen LogP contribution is -2.45. The van der Waals surface area contributed by atoms with Crippen LogP contribution in [-0.4, -0.2) is 35.8 Å². The molecular formula is C22H24N2O4. The third-order valence-corrected chi connectivity index (χ3v) is 4.81. The summed E-state index contributed by atoms with van der Waals surface area (Å²) in [4.78, 5) is 39.6. The molecule has 3 rings (SSSR count). The molecule has 1 atom stereocenters. The van der Waals surface area contributed by atoms with Crippen LogP contribution in [0, 0.1) is 5.92 Å². The second-order valence-electron chi connectivity index (χ2n) is 7.26. The van der Waals surface area contributed by atoms with Crippen LogP contribution in [0.15, 0.2) is 48.5 Å². The molecule has 1 N–H and O–H groups in total. The first-order valence-electron chi connectivity index (χ1n) is 9.29. The first-order chi connectivity index (χ1) is 13.4. The Bertz CT molecular complexity index is 907. The zero-order valence-corrected chi connectivity index (χ0v) is 16.3. The summed E-state index contributed by atoms with van der Waals surface area (Å²) in [6.45, 7) is 4.42. The molecule has 0 saturated carbocycles. The number of nitrogens with zero attached hydrogens (tertiary/aromatic N) is 1. The van der Waals surface area contributed by atoms with E-state index >= 15 is 0 Å². The fraction of sp³-hybridized carbons (Fsp3) is 0.318. The standard InChI is InChI=1S/C22H24N2O4/c1-14(2)12-19(24-13-15-8-4-5-9-16(15)21(24)26)20(25)23-18-11-7-6-10-17(18)22(27)28-3/h4-11,14,19H,12-13H2,1-3H3,(H,23,25). The molecule has 6 heteroatoms. The highest BCUT2D eigenvalue weighted by atomic mass is 16.5. The van der Waals surface area contributed by atoms with E-state index in [1.54, 1.807) is 35.2 Å². The highest BCUT2D eigenvalue weighted by Crippen LogP contribution is 2.28. The van der Waals surface area contributed by atoms with Gasteiger partial charge in [-0.1, -0.05) is 44.2 Å². The molecule has 0 bridgehead atoms. The van der Waals surface area contributed by atoms with Crippen molar-refractivity contribution < 1.29 is 19.1 Å². The molecule has 0 aromatic heterocycles. The SMILES string of the molecule is COC(=O)c1ccccc1NC(=O)C(CC(C)C)N1Cc2ccccc2C1=O. The molecule has 0 fully saturated rings. The van der Waals surface area contributed by atoms with Gasteiger partial charge in [-0.15, -0.1) is 0 Å². The van der Waals surface area contributed by atoms with Gasteiger partial charge >= 0.3 is 5.97 Å². The molecule has 1 unspecified atom stereocenters. The number of carbonyl (C=O) groups is 3. The summed E-state index contributed by atoms with van der Waals surface area (Å²) in [6.07, 6.45) is 0.520. The summed E-state index contributed by atoms with van der Waals surface area (Å²) in [5.41, 5.74) is 2.21. The molecule has 1 aliphatic rings. The molecule has 28 heavy (non-hydrogen) atoms. The molecule has 0 saturated heterocycles. The van der Waals surface area contributed by atoms with Gasteiger partial charge < -0.3 is 15.0 Å². The van der Waals surface area contributed by atoms with E-state index in [9.17, 15) is 14.4 Å². The minimum atomic E-state index is -0.634. The Labute approximate surface area is 164 Å². The fourth-order valence-corrected chi connectivity index (χ4v) is 3.45. The lowest BCUT2D eigenvalue weighted by molar-refractivity contribution is -0.121. The van der Waals surface area contributed by atoms with Crippen molar-refractivity contribution >= 4 is 23.5 Å². The smallest absolute Gasteiger partial charge is 0.339 e. The van der Waals surface area contributed by atoms with Gasteiger partial charge in [0.15, 0.2) is 0 Å². The van der Waals surface area contributed by atoms with Crippen LogP contribution in [0.2, 0.25) is 0 Å². The molecular weight excluding hydrogens is 356 g/mol. The van der Waals surface area contributed by atoms with Crippen molar-refractivity contribution in [3.63, 3.8) is 0 Å². The molecule has 0 radical (unpaired) electrons. The van der Waals surface area contributed by atoms with Crippen molar-refractivity contribution in [2.24, 2.45) is 5.92 Å². The zero-order chi connectivity index (χ0) is 20.3. The monoisotopic (exact) mass is 380 g/mol. The van der Waals surface area contributed by atoms with E-state index in [4.69, 9.17) is 4.74 Å². The van der Waals surface area contributed by atoms with E-state index in [-0.39, 0.29) is 23.3 Å². The zero-order valence-electron chi connectivity index (χ0n) is 16.3. The Morgan fingerprint density at radius 2 is 1.79 bits per heavy atom. The summed E-state index contributed by atoms with van der Waals surface area (Å²) in [7, 11) is 1.29. The van der Waals surface area contributed by atoms with Crippen LogP contribution in [0.3, 0.4) is 0 Å². The Morgan fingerprint density at radius 3 is 2.46 bits per heavy atom. The van der Waals surface area contributed by atoms with E-state index in [1.807, 2.05) is 32.0 Å². The second-order valence-corrected chi connectivity index (χ2v) is 7.26. The van der Waals surface area contributed by atoms with Crippen LogP contribution in [0.5, 0.6) is 0 Å². The minimum Gasteiger partial charge on any atom is -0.465 e. The van der Waals surface area contributed by atoms with Crippen molar-refractivity contribution in [2.45, 2.75) is 32.9 Å². The Balaban J connectivity index is 1.87. The largest absolute Gasteiger partial charge is 0.465 e. The predicted molar refractivity (Wildman–Crippen MR) is 106 cm³/mol. The van der Waals surface area contributed by atoms with Gasteiger partial charge in [-0.25, -0.2) is 4.79 Å². The third kappa shape index (κ3) is 3.91. The fourth-order valence-electron chi connectivity index (χ4n) is 3.45. The lowest BCUT2D eigenvalue weighted by Gasteiger charge is -2.28. The molecule has 2 aromatic carbocycles. The molecule has 0 spiro atoms. The van der Waals surface area contributed by atoms with Crippen molar-refractivity contribution in [2.75, 3.05) is 12.4 Å². The summed E-state index contributed by atoms with van der Waals surface area (Å²) in [6, 6.07) is 13.4. The number of benzene rings is 2. The van der Waals surface area contributed by atoms with E-state index in [0.29, 0.717) is 24.2 Å². The molecule has 6 nitrogen and oxygen atoms in total. The average Bonchev–Trinajstić information content (AvgIpc) is 3.02. The number of hydrogen-bond donors (Lipinski definition) is 1. The Morgan fingerprint density at radius 1 is 1.11 bits per heavy atom. The van der Waals surface area contributed by atoms with Crippen molar-refractivity contribution in [3.8, 4) is 0 Å². The number of nitrogens with one attached hydrogen (secondary N) is 1. The predicted octanol–water partition coefficient (Wildman–Crippen LogP) is 3.48. The van der Waals surface area contributed by atoms with Crippen LogP contribution < -0.4 is 5.32 Å². The number of esters is 1. The molecule has 146 valence electrons. The third-order valence-electron chi connectivity index (χ3n) is 4.81. The summed E-state index contributed by atoms with van der Waals surface area (Å²) in [5, 5.41) is 2.82. The summed E-state index contributed by atoms with van der Waals surface area (Å²) in [5.74, 6) is -0.770. The van der Waals surface area contributed by atoms with E-state index in [2.05, 4.69) is 5.32 Å². The van der Waals surface area contributed by atoms with Gasteiger partial charge in [0.2, 0.25) is 5.91 Å². The Hall–Kier alpha value is -3.15. The summed E-state index contributed by atoms with van der Waals surface area (Å²) < 4.78 is 4.79. The number of rotatable bonds is 6. The topological polar surface area (TPSA) is 75.7 Å². The van der Waals surface area contributed by atoms with Gasteiger partial charge in [0.05, 0.1) is 18.4 Å². The first kappa shape index (κ1) is 19.6. The molecule has 1 heterocycles. The van der Waals surface area contributed by atoms with E-state index in [1.165, 1.54) is 7.11 Å². The highest BCUT2D eigenvalue weighted by Gasteiger charge is 2.36. The van der Waals surface area contributed by atoms with Crippen molar-refractivity contribution in [1.29, 1.82) is 0 Å². The van der Waals surface area contributed by atoms with Crippen LogP contribution in [0.25, 0.3) is 0 Å². The molecule has 2 aromatic rings. The number of anilines is 1. The number of para-hydroxylation sites is 1. The normalized spacial score (nSPS) is 14.0. The van der Waals surface area contributed by atoms with Gasteiger partial charge in [-0.3, -0.25) is 9.59 Å². The quantitative estimate of drug-likeness (QED) is 0.779. The molecule has 2 amide bonds. The van der Waals surface area contributed by atoms with Crippen LogP contribution in [0.1, 0.15) is 46.5 Å². The maximum Gasteiger partial charge on any atom is 0.339 e. The number of methoxy groups -OCH3 is 1. The van der Waals surface area contributed by atoms with Gasteiger partial charge in [0.1, 0.15) is 6.04 Å². The average molecular weight is 380 g/mol. The minimum absolute atomic E-state index is 0.141. The number of fused-ring (bicyclic) bond motifs is 1. The van der Waals surface area contributed by atoms with Crippen LogP contribution in [-0.2, 0) is 16.1 Å². The first-order valence-corrected chi connectivity index (χ1v) is 9.29. The second kappa shape index (κ2) is 8.25. The van der Waals surface area contributed by atoms with Gasteiger partial charge in [-0.2, -0.15) is 0 Å². The van der Waals surface area contributed by atoms with E-state index in [0.717, 1.165) is 5.56 Å². The number of carbonyl (C=O) groups excluding carboxylic acids is 3. The lowest BCUT2D eigenvalue weighted by atomic mass is 10.0.